The monoisotopic (exact) mass is 627 g/mol. The van der Waals surface area contributed by atoms with E-state index in [1.807, 2.05) is 75.4 Å². The summed E-state index contributed by atoms with van der Waals surface area (Å²) in [5.41, 5.74) is 3.04. The van der Waals surface area contributed by atoms with E-state index in [1.54, 1.807) is 43.3 Å². The molecule has 9 heteroatoms. The average Bonchev–Trinajstić information content (AvgIpc) is 3.04. The van der Waals surface area contributed by atoms with Gasteiger partial charge in [-0.25, -0.2) is 8.42 Å². The average molecular weight is 628 g/mol. The van der Waals surface area contributed by atoms with Crippen molar-refractivity contribution >= 4 is 27.5 Å². The van der Waals surface area contributed by atoms with E-state index in [1.165, 1.54) is 17.0 Å². The van der Waals surface area contributed by atoms with Gasteiger partial charge in [0.05, 0.1) is 10.6 Å². The van der Waals surface area contributed by atoms with Crippen LogP contribution in [0.1, 0.15) is 43.4 Å². The molecule has 0 radical (unpaired) electrons. The lowest BCUT2D eigenvalue weighted by molar-refractivity contribution is -0.139. The molecular formula is C36H41N3O5S. The van der Waals surface area contributed by atoms with Crippen LogP contribution in [0.15, 0.2) is 108 Å². The third kappa shape index (κ3) is 8.73. The molecule has 45 heavy (non-hydrogen) atoms. The molecule has 2 amide bonds. The van der Waals surface area contributed by atoms with E-state index in [0.29, 0.717) is 23.7 Å². The summed E-state index contributed by atoms with van der Waals surface area (Å²) in [6, 6.07) is 29.1. The van der Waals surface area contributed by atoms with Crippen LogP contribution in [-0.2, 0) is 26.2 Å². The molecule has 4 rings (SSSR count). The van der Waals surface area contributed by atoms with Crippen LogP contribution < -0.4 is 14.4 Å². The van der Waals surface area contributed by atoms with Crippen molar-refractivity contribution in [3.05, 3.63) is 120 Å². The van der Waals surface area contributed by atoms with Gasteiger partial charge in [0.25, 0.3) is 10.0 Å². The Labute approximate surface area is 266 Å². The number of para-hydroxylation sites is 1. The van der Waals surface area contributed by atoms with Gasteiger partial charge in [0, 0.05) is 13.1 Å². The van der Waals surface area contributed by atoms with Gasteiger partial charge in [0.15, 0.2) is 0 Å². The van der Waals surface area contributed by atoms with Crippen molar-refractivity contribution in [1.29, 1.82) is 0 Å². The summed E-state index contributed by atoms with van der Waals surface area (Å²) in [7, 11) is -4.17. The molecule has 4 aromatic carbocycles. The van der Waals surface area contributed by atoms with Gasteiger partial charge < -0.3 is 15.0 Å². The Kier molecular flexibility index (Phi) is 11.4. The molecule has 0 fully saturated rings. The summed E-state index contributed by atoms with van der Waals surface area (Å²) >= 11 is 0. The van der Waals surface area contributed by atoms with Gasteiger partial charge in [-0.1, -0.05) is 73.5 Å². The first-order chi connectivity index (χ1) is 21.6. The number of rotatable bonds is 14. The summed E-state index contributed by atoms with van der Waals surface area (Å²) in [6.07, 6.45) is 1.73. The fraction of sp³-hybridized carbons (Fsp3) is 0.278. The molecule has 1 atom stereocenters. The van der Waals surface area contributed by atoms with Gasteiger partial charge in [-0.05, 0) is 86.8 Å². The Morgan fingerprint density at radius 3 is 2.09 bits per heavy atom. The quantitative estimate of drug-likeness (QED) is 0.159. The minimum atomic E-state index is -4.17. The number of unbranched alkanes of at least 4 members (excludes halogenated alkanes) is 1. The molecule has 8 nitrogen and oxygen atoms in total. The maximum atomic E-state index is 14.2. The maximum absolute atomic E-state index is 14.2. The summed E-state index contributed by atoms with van der Waals surface area (Å²) in [5.74, 6) is 0.363. The predicted molar refractivity (Wildman–Crippen MR) is 178 cm³/mol. The Bertz CT molecular complexity index is 1670. The standard InChI is InChI=1S/C36H41N3O5S/c1-5-6-24-37-36(41)29(4)38(25-30-13-11-10-12-28(30)3)35(40)26-39(45(42,43)34-22-16-27(2)17-23-34)31-18-20-33(21-19-31)44-32-14-8-7-9-15-32/h7-23,29H,5-6,24-26H2,1-4H3,(H,37,41)/t29-/m0/s1. The Hall–Kier alpha value is -4.63. The largest absolute Gasteiger partial charge is 0.457 e. The smallest absolute Gasteiger partial charge is 0.264 e. The SMILES string of the molecule is CCCCNC(=O)[C@H](C)N(Cc1ccccc1C)C(=O)CN(c1ccc(Oc2ccccc2)cc1)S(=O)(=O)c1ccc(C)cc1. The second kappa shape index (κ2) is 15.4. The molecule has 0 aliphatic heterocycles. The van der Waals surface area contributed by atoms with E-state index in [2.05, 4.69) is 5.32 Å². The summed E-state index contributed by atoms with van der Waals surface area (Å²) in [5, 5.41) is 2.91. The highest BCUT2D eigenvalue weighted by Crippen LogP contribution is 2.29. The van der Waals surface area contributed by atoms with Crippen molar-refractivity contribution in [3.63, 3.8) is 0 Å². The number of nitrogens with zero attached hydrogens (tertiary/aromatic N) is 2. The number of benzene rings is 4. The molecular weight excluding hydrogens is 586 g/mol. The topological polar surface area (TPSA) is 96.0 Å². The number of nitrogens with one attached hydrogen (secondary N) is 1. The first-order valence-corrected chi connectivity index (χ1v) is 16.6. The molecule has 4 aromatic rings. The normalized spacial score (nSPS) is 11.8. The molecule has 0 aliphatic rings. The zero-order chi connectivity index (χ0) is 32.4. The Morgan fingerprint density at radius 2 is 1.44 bits per heavy atom. The van der Waals surface area contributed by atoms with Crippen molar-refractivity contribution in [2.24, 2.45) is 0 Å². The molecule has 0 saturated carbocycles. The molecule has 0 aromatic heterocycles. The van der Waals surface area contributed by atoms with Crippen LogP contribution >= 0.6 is 0 Å². The van der Waals surface area contributed by atoms with E-state index in [-0.39, 0.29) is 17.3 Å². The van der Waals surface area contributed by atoms with E-state index < -0.39 is 28.5 Å². The summed E-state index contributed by atoms with van der Waals surface area (Å²) in [4.78, 5) is 28.9. The zero-order valence-corrected chi connectivity index (χ0v) is 27.1. The summed E-state index contributed by atoms with van der Waals surface area (Å²) in [6.45, 7) is 7.66. The lowest BCUT2D eigenvalue weighted by atomic mass is 10.1. The molecule has 236 valence electrons. The molecule has 0 bridgehead atoms. The highest BCUT2D eigenvalue weighted by molar-refractivity contribution is 7.92. The van der Waals surface area contributed by atoms with E-state index in [4.69, 9.17) is 4.74 Å². The van der Waals surface area contributed by atoms with E-state index in [9.17, 15) is 18.0 Å². The number of amides is 2. The van der Waals surface area contributed by atoms with Crippen LogP contribution in [0.5, 0.6) is 11.5 Å². The third-order valence-corrected chi connectivity index (χ3v) is 9.38. The fourth-order valence-electron chi connectivity index (χ4n) is 4.76. The number of aryl methyl sites for hydroxylation is 2. The van der Waals surface area contributed by atoms with Gasteiger partial charge in [-0.3, -0.25) is 13.9 Å². The van der Waals surface area contributed by atoms with Gasteiger partial charge in [0.2, 0.25) is 11.8 Å². The Balaban J connectivity index is 1.69. The number of carbonyl (C=O) groups excluding carboxylic acids is 2. The second-order valence-electron chi connectivity index (χ2n) is 11.0. The number of hydrogen-bond acceptors (Lipinski definition) is 5. The van der Waals surface area contributed by atoms with Gasteiger partial charge >= 0.3 is 0 Å². The second-order valence-corrected chi connectivity index (χ2v) is 12.9. The van der Waals surface area contributed by atoms with Gasteiger partial charge in [-0.15, -0.1) is 0 Å². The number of carbonyl (C=O) groups is 2. The molecule has 0 spiro atoms. The molecule has 0 aliphatic carbocycles. The number of sulfonamides is 1. The Morgan fingerprint density at radius 1 is 0.822 bits per heavy atom. The number of anilines is 1. The van der Waals surface area contributed by atoms with Crippen LogP contribution in [0.4, 0.5) is 5.69 Å². The number of ether oxygens (including phenoxy) is 1. The number of hydrogen-bond donors (Lipinski definition) is 1. The van der Waals surface area contributed by atoms with Crippen molar-refractivity contribution in [1.82, 2.24) is 10.2 Å². The van der Waals surface area contributed by atoms with Crippen molar-refractivity contribution in [2.75, 3.05) is 17.4 Å². The fourth-order valence-corrected chi connectivity index (χ4v) is 6.18. The van der Waals surface area contributed by atoms with E-state index in [0.717, 1.165) is 33.8 Å². The van der Waals surface area contributed by atoms with Crippen LogP contribution in [0.3, 0.4) is 0 Å². The van der Waals surface area contributed by atoms with Crippen molar-refractivity contribution < 1.29 is 22.7 Å². The van der Waals surface area contributed by atoms with Crippen LogP contribution in [-0.4, -0.2) is 44.3 Å². The molecule has 1 N–H and O–H groups in total. The zero-order valence-electron chi connectivity index (χ0n) is 26.3. The highest BCUT2D eigenvalue weighted by Gasteiger charge is 2.32. The summed E-state index contributed by atoms with van der Waals surface area (Å²) < 4.78 is 35.2. The molecule has 0 unspecified atom stereocenters. The molecule has 0 heterocycles. The predicted octanol–water partition coefficient (Wildman–Crippen LogP) is 6.62. The van der Waals surface area contributed by atoms with Crippen LogP contribution in [0, 0.1) is 13.8 Å². The minimum absolute atomic E-state index is 0.0568. The first kappa shape index (κ1) is 33.3. The first-order valence-electron chi connectivity index (χ1n) is 15.1. The maximum Gasteiger partial charge on any atom is 0.264 e. The minimum Gasteiger partial charge on any atom is -0.457 e. The van der Waals surface area contributed by atoms with Crippen LogP contribution in [0.2, 0.25) is 0 Å². The van der Waals surface area contributed by atoms with Crippen LogP contribution in [0.25, 0.3) is 0 Å². The molecule has 0 saturated heterocycles. The van der Waals surface area contributed by atoms with Gasteiger partial charge in [0.1, 0.15) is 24.1 Å². The van der Waals surface area contributed by atoms with Crippen molar-refractivity contribution in [2.45, 2.75) is 58.0 Å². The lowest BCUT2D eigenvalue weighted by Crippen LogP contribution is -2.51. The van der Waals surface area contributed by atoms with E-state index >= 15 is 0 Å². The lowest BCUT2D eigenvalue weighted by Gasteiger charge is -2.32. The van der Waals surface area contributed by atoms with Gasteiger partial charge in [-0.2, -0.15) is 0 Å². The highest BCUT2D eigenvalue weighted by atomic mass is 32.2. The third-order valence-electron chi connectivity index (χ3n) is 7.59. The van der Waals surface area contributed by atoms with Crippen molar-refractivity contribution in [3.8, 4) is 11.5 Å².